The van der Waals surface area contributed by atoms with Gasteiger partial charge in [-0.05, 0) is 53.7 Å². The van der Waals surface area contributed by atoms with Crippen LogP contribution < -0.4 is 0 Å². The summed E-state index contributed by atoms with van der Waals surface area (Å²) in [7, 11) is 0. The van der Waals surface area contributed by atoms with Crippen molar-refractivity contribution < 1.29 is 0 Å². The Hall–Kier alpha value is -1.03. The molecule has 2 heteroatoms. The maximum absolute atomic E-state index is 4.17. The van der Waals surface area contributed by atoms with Gasteiger partial charge in [0.05, 0.1) is 5.70 Å². The Morgan fingerprint density at radius 2 is 1.88 bits per heavy atom. The predicted molar refractivity (Wildman–Crippen MR) is 82.7 cm³/mol. The van der Waals surface area contributed by atoms with Gasteiger partial charge in [0.2, 0.25) is 0 Å². The molecule has 1 aromatic carbocycles. The average molecular weight is 337 g/mol. The van der Waals surface area contributed by atoms with Gasteiger partial charge in [0, 0.05) is 15.8 Å². The molecular weight excluding hydrogens is 321 g/mol. The van der Waals surface area contributed by atoms with Gasteiger partial charge in [0.15, 0.2) is 0 Å². The highest BCUT2D eigenvalue weighted by atomic mass is 127. The van der Waals surface area contributed by atoms with Crippen LogP contribution in [0.5, 0.6) is 0 Å². The Balaban J connectivity index is 2.56. The molecule has 0 N–H and O–H groups in total. The molecule has 0 saturated carbocycles. The summed E-state index contributed by atoms with van der Waals surface area (Å²) in [6.45, 7) is 9.44. The molecule has 0 aromatic heterocycles. The summed E-state index contributed by atoms with van der Waals surface area (Å²) in [5.74, 6) is 0. The van der Waals surface area contributed by atoms with Crippen molar-refractivity contribution in [3.05, 3.63) is 63.4 Å². The molecule has 1 aliphatic heterocycles. The first kappa shape index (κ1) is 12.4. The van der Waals surface area contributed by atoms with Gasteiger partial charge in [-0.25, -0.2) is 0 Å². The summed E-state index contributed by atoms with van der Waals surface area (Å²) in [5.41, 5.74) is 4.93. The summed E-state index contributed by atoms with van der Waals surface area (Å²) in [5, 5.41) is 0. The number of rotatable bonds is 2. The van der Waals surface area contributed by atoms with Crippen molar-refractivity contribution in [1.82, 2.24) is 4.90 Å². The quantitative estimate of drug-likeness (QED) is 0.714. The van der Waals surface area contributed by atoms with Crippen molar-refractivity contribution >= 4 is 28.3 Å². The van der Waals surface area contributed by atoms with E-state index in [1.54, 1.807) is 0 Å². The van der Waals surface area contributed by atoms with Crippen molar-refractivity contribution in [3.8, 4) is 0 Å². The molecule has 2 rings (SSSR count). The van der Waals surface area contributed by atoms with Crippen molar-refractivity contribution in [3.63, 3.8) is 0 Å². The lowest BCUT2D eigenvalue weighted by molar-refractivity contribution is 0.526. The van der Waals surface area contributed by atoms with Crippen molar-refractivity contribution in [2.45, 2.75) is 13.8 Å². The summed E-state index contributed by atoms with van der Waals surface area (Å²) in [4.78, 5) is 2.28. The third-order valence-corrected chi connectivity index (χ3v) is 3.89. The van der Waals surface area contributed by atoms with Crippen LogP contribution in [0.15, 0.2) is 57.8 Å². The fraction of sp³-hybridized carbons (Fsp3) is 0.200. The standard InChI is InChI=1S/C15H16IN/c1-4-17-12(3)14(16)10-11(2)15(17)13-8-6-5-7-9-13/h5-10H,3-4H2,1-2H3. The molecule has 0 saturated heterocycles. The molecule has 0 bridgehead atoms. The molecule has 88 valence electrons. The molecule has 1 aromatic rings. The molecule has 1 aliphatic rings. The number of hydrogen-bond acceptors (Lipinski definition) is 1. The topological polar surface area (TPSA) is 3.24 Å². The van der Waals surface area contributed by atoms with Gasteiger partial charge < -0.3 is 4.90 Å². The van der Waals surface area contributed by atoms with Crippen molar-refractivity contribution in [1.29, 1.82) is 0 Å². The van der Waals surface area contributed by atoms with Gasteiger partial charge in [0.25, 0.3) is 0 Å². The molecule has 1 nitrogen and oxygen atoms in total. The molecule has 0 atom stereocenters. The lowest BCUT2D eigenvalue weighted by atomic mass is 10.0. The maximum Gasteiger partial charge on any atom is 0.0514 e. The molecular formula is C15H16IN. The number of allylic oxidation sites excluding steroid dienone is 3. The summed E-state index contributed by atoms with van der Waals surface area (Å²) in [6, 6.07) is 10.5. The van der Waals surface area contributed by atoms with Crippen LogP contribution in [0.1, 0.15) is 19.4 Å². The van der Waals surface area contributed by atoms with Crippen LogP contribution in [-0.2, 0) is 0 Å². The van der Waals surface area contributed by atoms with E-state index in [9.17, 15) is 0 Å². The van der Waals surface area contributed by atoms with Gasteiger partial charge in [0.1, 0.15) is 0 Å². The number of likely N-dealkylation sites (N-methyl/N-ethyl adjacent to an activating group) is 1. The molecule has 1 heterocycles. The lowest BCUT2D eigenvalue weighted by Crippen LogP contribution is -2.24. The first-order valence-corrected chi connectivity index (χ1v) is 6.83. The number of halogens is 1. The van der Waals surface area contributed by atoms with Crippen molar-refractivity contribution in [2.24, 2.45) is 0 Å². The van der Waals surface area contributed by atoms with Crippen LogP contribution in [0.3, 0.4) is 0 Å². The van der Waals surface area contributed by atoms with Gasteiger partial charge in [-0.15, -0.1) is 0 Å². The maximum atomic E-state index is 4.17. The van der Waals surface area contributed by atoms with Crippen molar-refractivity contribution in [2.75, 3.05) is 6.54 Å². The zero-order valence-electron chi connectivity index (χ0n) is 10.2. The van der Waals surface area contributed by atoms with E-state index < -0.39 is 0 Å². The molecule has 0 spiro atoms. The Bertz CT molecular complexity index is 497. The monoisotopic (exact) mass is 337 g/mol. The van der Waals surface area contributed by atoms with Gasteiger partial charge in [-0.1, -0.05) is 36.9 Å². The van der Waals surface area contributed by atoms with E-state index >= 15 is 0 Å². The Morgan fingerprint density at radius 3 is 2.47 bits per heavy atom. The highest BCUT2D eigenvalue weighted by molar-refractivity contribution is 14.1. The molecule has 0 unspecified atom stereocenters. The number of benzene rings is 1. The largest absolute Gasteiger partial charge is 0.341 e. The molecule has 0 amide bonds. The van der Waals surface area contributed by atoms with E-state index in [0.29, 0.717) is 0 Å². The minimum Gasteiger partial charge on any atom is -0.341 e. The lowest BCUT2D eigenvalue weighted by Gasteiger charge is -2.32. The van der Waals surface area contributed by atoms with Crippen LogP contribution in [0, 0.1) is 0 Å². The molecule has 0 fully saturated rings. The van der Waals surface area contributed by atoms with Crippen LogP contribution in [0.25, 0.3) is 5.70 Å². The van der Waals surface area contributed by atoms with Gasteiger partial charge in [-0.3, -0.25) is 0 Å². The molecule has 0 radical (unpaired) electrons. The Morgan fingerprint density at radius 1 is 1.24 bits per heavy atom. The van der Waals surface area contributed by atoms with E-state index in [4.69, 9.17) is 0 Å². The minimum atomic E-state index is 0.945. The van der Waals surface area contributed by atoms with E-state index in [1.807, 2.05) is 6.07 Å². The Kier molecular flexibility index (Phi) is 3.72. The highest BCUT2D eigenvalue weighted by Gasteiger charge is 2.20. The molecule has 17 heavy (non-hydrogen) atoms. The minimum absolute atomic E-state index is 0.945. The van der Waals surface area contributed by atoms with E-state index in [0.717, 1.165) is 12.2 Å². The second-order valence-electron chi connectivity index (χ2n) is 4.08. The second-order valence-corrected chi connectivity index (χ2v) is 5.24. The van der Waals surface area contributed by atoms with Crippen LogP contribution in [-0.4, -0.2) is 11.4 Å². The third kappa shape index (κ3) is 2.32. The van der Waals surface area contributed by atoms with E-state index in [2.05, 4.69) is 78.3 Å². The summed E-state index contributed by atoms with van der Waals surface area (Å²) >= 11 is 2.35. The fourth-order valence-corrected chi connectivity index (χ4v) is 2.91. The van der Waals surface area contributed by atoms with Crippen LogP contribution >= 0.6 is 22.6 Å². The fourth-order valence-electron chi connectivity index (χ4n) is 2.15. The highest BCUT2D eigenvalue weighted by Crippen LogP contribution is 2.36. The van der Waals surface area contributed by atoms with E-state index in [-0.39, 0.29) is 0 Å². The normalized spacial score (nSPS) is 16.3. The van der Waals surface area contributed by atoms with Crippen LogP contribution in [0.2, 0.25) is 0 Å². The Labute approximate surface area is 117 Å². The third-order valence-electron chi connectivity index (χ3n) is 2.95. The average Bonchev–Trinajstić information content (AvgIpc) is 2.34. The van der Waals surface area contributed by atoms with Crippen LogP contribution in [0.4, 0.5) is 0 Å². The molecule has 0 aliphatic carbocycles. The second kappa shape index (κ2) is 5.08. The first-order chi connectivity index (χ1) is 8.15. The zero-order chi connectivity index (χ0) is 12.4. The summed E-state index contributed by atoms with van der Waals surface area (Å²) < 4.78 is 1.22. The number of nitrogens with zero attached hydrogens (tertiary/aromatic N) is 1. The number of hydrogen-bond donors (Lipinski definition) is 0. The first-order valence-electron chi connectivity index (χ1n) is 5.75. The van der Waals surface area contributed by atoms with E-state index in [1.165, 1.54) is 20.4 Å². The predicted octanol–water partition coefficient (Wildman–Crippen LogP) is 4.59. The van der Waals surface area contributed by atoms with Gasteiger partial charge >= 0.3 is 0 Å². The summed E-state index contributed by atoms with van der Waals surface area (Å²) in [6.07, 6.45) is 2.21. The van der Waals surface area contributed by atoms with Gasteiger partial charge in [-0.2, -0.15) is 0 Å². The smallest absolute Gasteiger partial charge is 0.0514 e. The SMILES string of the molecule is C=C1C(I)=CC(C)=C(c2ccccc2)N1CC. The zero-order valence-corrected chi connectivity index (χ0v) is 12.4.